The van der Waals surface area contributed by atoms with Crippen LogP contribution in [0.25, 0.3) is 0 Å². The first-order valence-electron chi connectivity index (χ1n) is 12.1. The van der Waals surface area contributed by atoms with E-state index in [4.69, 9.17) is 0 Å². The van der Waals surface area contributed by atoms with Gasteiger partial charge in [-0.05, 0) is 74.0 Å². The van der Waals surface area contributed by atoms with Crippen LogP contribution in [-0.4, -0.2) is 55.1 Å². The van der Waals surface area contributed by atoms with Gasteiger partial charge in [-0.3, -0.25) is 0 Å². The molecule has 1 aliphatic rings. The molecule has 38 heavy (non-hydrogen) atoms. The predicted molar refractivity (Wildman–Crippen MR) is 136 cm³/mol. The van der Waals surface area contributed by atoms with Crippen LogP contribution >= 0.6 is 0 Å². The van der Waals surface area contributed by atoms with Crippen LogP contribution < -0.4 is 15.4 Å². The first kappa shape index (κ1) is 27.7. The lowest BCUT2D eigenvalue weighted by Gasteiger charge is -2.32. The van der Waals surface area contributed by atoms with Crippen molar-refractivity contribution in [2.24, 2.45) is 0 Å². The molecule has 0 atom stereocenters. The van der Waals surface area contributed by atoms with E-state index >= 15 is 0 Å². The first-order valence-corrected chi connectivity index (χ1v) is 13.5. The van der Waals surface area contributed by atoms with Crippen molar-refractivity contribution in [3.8, 4) is 0 Å². The fourth-order valence-corrected chi connectivity index (χ4v) is 5.31. The van der Waals surface area contributed by atoms with E-state index < -0.39 is 22.6 Å². The highest BCUT2D eigenvalue weighted by Crippen LogP contribution is 2.22. The van der Waals surface area contributed by atoms with E-state index in [1.807, 2.05) is 0 Å². The summed E-state index contributed by atoms with van der Waals surface area (Å²) in [6.07, 6.45) is -2.58. The molecule has 0 bridgehead atoms. The zero-order chi connectivity index (χ0) is 27.2. The minimum Gasteiger partial charge on any atom is -0.350 e. The van der Waals surface area contributed by atoms with Crippen LogP contribution in [0.2, 0.25) is 0 Å². The largest absolute Gasteiger partial charge is 0.390 e. The normalized spacial score (nSPS) is 15.4. The second-order valence-electron chi connectivity index (χ2n) is 9.00. The molecule has 1 aliphatic heterocycles. The van der Waals surface area contributed by atoms with Crippen LogP contribution in [0.15, 0.2) is 65.7 Å². The van der Waals surface area contributed by atoms with Crippen LogP contribution in [0.5, 0.6) is 0 Å². The molecule has 204 valence electrons. The van der Waals surface area contributed by atoms with Crippen molar-refractivity contribution >= 4 is 27.5 Å². The van der Waals surface area contributed by atoms with Gasteiger partial charge in [0.2, 0.25) is 16.0 Å². The summed E-state index contributed by atoms with van der Waals surface area (Å²) in [5, 5.41) is 6.14. The third-order valence-electron chi connectivity index (χ3n) is 6.08. The Morgan fingerprint density at radius 1 is 0.974 bits per heavy atom. The van der Waals surface area contributed by atoms with Gasteiger partial charge in [0.15, 0.2) is 0 Å². The lowest BCUT2D eigenvalue weighted by molar-refractivity contribution is -0.138. The Morgan fingerprint density at radius 2 is 1.66 bits per heavy atom. The number of hydrogen-bond donors (Lipinski definition) is 3. The number of likely N-dealkylation sites (tertiary alicyclic amines) is 1. The second kappa shape index (κ2) is 12.0. The van der Waals surface area contributed by atoms with E-state index in [9.17, 15) is 26.0 Å². The number of benzene rings is 2. The molecule has 4 rings (SSSR count). The molecule has 0 spiro atoms. The number of anilines is 3. The molecular weight excluding hydrogens is 524 g/mol. The van der Waals surface area contributed by atoms with Crippen LogP contribution in [0, 0.1) is 5.82 Å². The molecule has 3 N–H and O–H groups in total. The van der Waals surface area contributed by atoms with E-state index in [-0.39, 0.29) is 23.3 Å². The number of aromatic nitrogens is 2. The van der Waals surface area contributed by atoms with Gasteiger partial charge in [0.05, 0.1) is 11.3 Å². The number of piperidine rings is 1. The average Bonchev–Trinajstić information content (AvgIpc) is 2.88. The van der Waals surface area contributed by atoms with E-state index in [1.54, 1.807) is 41.4 Å². The number of rotatable bonds is 10. The summed E-state index contributed by atoms with van der Waals surface area (Å²) in [4.78, 5) is 10.4. The van der Waals surface area contributed by atoms with Crippen LogP contribution in [-0.2, 0) is 16.6 Å². The van der Waals surface area contributed by atoms with Crippen molar-refractivity contribution in [1.82, 2.24) is 19.6 Å². The summed E-state index contributed by atoms with van der Waals surface area (Å²) >= 11 is 0. The SMILES string of the molecule is O=S(=O)(NC1CCN(CCC(F)(F)F)CC1)c1ccc(CNc2nccc(Nc3ccc(F)cc3)n2)cc1. The molecule has 8 nitrogen and oxygen atoms in total. The maximum atomic E-state index is 13.1. The molecule has 0 unspecified atom stereocenters. The number of nitrogens with zero attached hydrogens (tertiary/aromatic N) is 3. The molecule has 2 heterocycles. The Labute approximate surface area is 218 Å². The highest BCUT2D eigenvalue weighted by molar-refractivity contribution is 7.89. The Kier molecular flexibility index (Phi) is 8.80. The number of hydrogen-bond acceptors (Lipinski definition) is 7. The lowest BCUT2D eigenvalue weighted by Crippen LogP contribution is -2.45. The zero-order valence-electron chi connectivity index (χ0n) is 20.4. The minimum atomic E-state index is -4.19. The van der Waals surface area contributed by atoms with Crippen molar-refractivity contribution in [1.29, 1.82) is 0 Å². The van der Waals surface area contributed by atoms with Gasteiger partial charge in [0.1, 0.15) is 11.6 Å². The second-order valence-corrected chi connectivity index (χ2v) is 10.7. The molecule has 0 amide bonds. The van der Waals surface area contributed by atoms with Crippen molar-refractivity contribution in [2.75, 3.05) is 30.3 Å². The summed E-state index contributed by atoms with van der Waals surface area (Å²) in [7, 11) is -3.76. The van der Waals surface area contributed by atoms with E-state index in [2.05, 4.69) is 25.3 Å². The first-order chi connectivity index (χ1) is 18.1. The zero-order valence-corrected chi connectivity index (χ0v) is 21.2. The van der Waals surface area contributed by atoms with Crippen LogP contribution in [0.3, 0.4) is 0 Å². The van der Waals surface area contributed by atoms with Gasteiger partial charge in [-0.1, -0.05) is 12.1 Å². The molecule has 0 radical (unpaired) electrons. The molecule has 0 saturated carbocycles. The van der Waals surface area contributed by atoms with Crippen molar-refractivity contribution in [3.05, 3.63) is 72.2 Å². The molecule has 13 heteroatoms. The monoisotopic (exact) mass is 552 g/mol. The van der Waals surface area contributed by atoms with Gasteiger partial charge in [0, 0.05) is 31.0 Å². The maximum Gasteiger partial charge on any atom is 0.390 e. The highest BCUT2D eigenvalue weighted by Gasteiger charge is 2.30. The van der Waals surface area contributed by atoms with Gasteiger partial charge >= 0.3 is 6.18 Å². The smallest absolute Gasteiger partial charge is 0.350 e. The van der Waals surface area contributed by atoms with Gasteiger partial charge < -0.3 is 15.5 Å². The highest BCUT2D eigenvalue weighted by atomic mass is 32.2. The quantitative estimate of drug-likeness (QED) is 0.315. The number of nitrogens with one attached hydrogen (secondary N) is 3. The standard InChI is InChI=1S/C25H28F4N6O2S/c26-19-3-5-20(6-4-19)32-23-9-13-30-24(33-23)31-17-18-1-7-22(8-2-18)38(36,37)34-21-10-14-35(15-11-21)16-12-25(27,28)29/h1-9,13,21,34H,10-12,14-17H2,(H2,30,31,32,33). The molecular formula is C25H28F4N6O2S. The summed E-state index contributed by atoms with van der Waals surface area (Å²) in [6, 6.07) is 13.6. The van der Waals surface area contributed by atoms with E-state index in [0.717, 1.165) is 5.56 Å². The average molecular weight is 553 g/mol. The van der Waals surface area contributed by atoms with Crippen molar-refractivity contribution in [3.63, 3.8) is 0 Å². The summed E-state index contributed by atoms with van der Waals surface area (Å²) in [5.41, 5.74) is 1.48. The van der Waals surface area contributed by atoms with Gasteiger partial charge in [-0.25, -0.2) is 22.5 Å². The summed E-state index contributed by atoms with van der Waals surface area (Å²) in [6.45, 7) is 1.11. The lowest BCUT2D eigenvalue weighted by atomic mass is 10.1. The molecule has 0 aliphatic carbocycles. The Morgan fingerprint density at radius 3 is 2.32 bits per heavy atom. The van der Waals surface area contributed by atoms with Crippen LogP contribution in [0.4, 0.5) is 35.0 Å². The predicted octanol–water partition coefficient (Wildman–Crippen LogP) is 4.67. The number of halogens is 4. The fourth-order valence-electron chi connectivity index (χ4n) is 4.01. The third-order valence-corrected chi connectivity index (χ3v) is 7.61. The van der Waals surface area contributed by atoms with Gasteiger partial charge in [-0.15, -0.1) is 0 Å². The van der Waals surface area contributed by atoms with E-state index in [0.29, 0.717) is 49.9 Å². The van der Waals surface area contributed by atoms with Crippen LogP contribution in [0.1, 0.15) is 24.8 Å². The molecule has 1 aromatic heterocycles. The molecule has 2 aromatic carbocycles. The van der Waals surface area contributed by atoms with Gasteiger partial charge in [-0.2, -0.15) is 18.2 Å². The fraction of sp³-hybridized carbons (Fsp3) is 0.360. The molecule has 1 fully saturated rings. The summed E-state index contributed by atoms with van der Waals surface area (Å²) < 4.78 is 78.6. The Bertz CT molecular complexity index is 1300. The maximum absolute atomic E-state index is 13.1. The molecule has 1 saturated heterocycles. The Hall–Kier alpha value is -3.29. The van der Waals surface area contributed by atoms with E-state index in [1.165, 1.54) is 24.3 Å². The number of alkyl halides is 3. The minimum absolute atomic E-state index is 0.0709. The third kappa shape index (κ3) is 8.36. The Balaban J connectivity index is 1.26. The number of sulfonamides is 1. The van der Waals surface area contributed by atoms with Gasteiger partial charge in [0.25, 0.3) is 0 Å². The summed E-state index contributed by atoms with van der Waals surface area (Å²) in [5.74, 6) is 0.545. The molecule has 3 aromatic rings. The topological polar surface area (TPSA) is 99.3 Å². The van der Waals surface area contributed by atoms with Crippen molar-refractivity contribution in [2.45, 2.75) is 42.9 Å². The van der Waals surface area contributed by atoms with Crippen molar-refractivity contribution < 1.29 is 26.0 Å².